The Morgan fingerprint density at radius 2 is 0.452 bits per heavy atom. The number of carbonyl (C=O) groups excluding carboxylic acids is 2. The first-order valence-electron chi connectivity index (χ1n) is 46.3. The second kappa shape index (κ2) is 60.4. The van der Waals surface area contributed by atoms with Gasteiger partial charge in [0, 0.05) is 24.9 Å². The first-order valence-corrected chi connectivity index (χ1v) is 46.3. The molecular weight excluding hydrogens is 1430 g/mol. The average molecular weight is 1580 g/mol. The fraction of sp³-hybridized carbons (Fsp3) is 0.627. The van der Waals surface area contributed by atoms with Gasteiger partial charge in [0.1, 0.15) is 48.8 Å². The lowest BCUT2D eigenvalue weighted by atomic mass is 9.92. The highest BCUT2D eigenvalue weighted by atomic mass is 16.8. The number of hydrogen-bond acceptors (Lipinski definition) is 11. The van der Waals surface area contributed by atoms with Gasteiger partial charge in [0.15, 0.2) is 12.6 Å². The Hall–Kier alpha value is -6.10. The normalized spacial score (nSPS) is 19.6. The Balaban J connectivity index is 1.18. The molecule has 2 N–H and O–H groups in total. The molecule has 115 heavy (non-hydrogen) atoms. The topological polar surface area (TPSA) is 141 Å². The second-order valence-electron chi connectivity index (χ2n) is 33.1. The largest absolute Gasteiger partial charge is 0.368 e. The summed E-state index contributed by atoms with van der Waals surface area (Å²) in [6, 6.07) is 61.1. The summed E-state index contributed by atoms with van der Waals surface area (Å²) in [4.78, 5) is 30.8. The van der Waals surface area contributed by atoms with Gasteiger partial charge in [-0.2, -0.15) is 0 Å². The summed E-state index contributed by atoms with van der Waals surface area (Å²) in [7, 11) is 0. The van der Waals surface area contributed by atoms with Crippen molar-refractivity contribution in [3.8, 4) is 0 Å². The van der Waals surface area contributed by atoms with Gasteiger partial charge in [0.05, 0.1) is 39.6 Å². The van der Waals surface area contributed by atoms with E-state index in [1.807, 2.05) is 109 Å². The van der Waals surface area contributed by atoms with Crippen molar-refractivity contribution in [3.05, 3.63) is 215 Å². The van der Waals surface area contributed by atoms with Gasteiger partial charge < -0.3 is 53.3 Å². The van der Waals surface area contributed by atoms with Crippen molar-refractivity contribution in [3.63, 3.8) is 0 Å². The quantitative estimate of drug-likeness (QED) is 0.0353. The molecule has 2 heterocycles. The summed E-state index contributed by atoms with van der Waals surface area (Å²) in [6.07, 6.45) is 37.8. The molecule has 0 aromatic heterocycles. The summed E-state index contributed by atoms with van der Waals surface area (Å²) in [5.41, 5.74) is 5.78. The number of rotatable bonds is 66. The highest BCUT2D eigenvalue weighted by Gasteiger charge is 2.54. The third-order valence-corrected chi connectivity index (χ3v) is 23.5. The zero-order valence-electron chi connectivity index (χ0n) is 71.7. The summed E-state index contributed by atoms with van der Waals surface area (Å²) in [5, 5.41) is 7.06. The fourth-order valence-corrected chi connectivity index (χ4v) is 16.5. The summed E-state index contributed by atoms with van der Waals surface area (Å²) in [6.45, 7) is 10.6. The predicted molar refractivity (Wildman–Crippen MR) is 469 cm³/mol. The van der Waals surface area contributed by atoms with E-state index in [4.69, 9.17) is 42.6 Å². The van der Waals surface area contributed by atoms with E-state index in [0.29, 0.717) is 0 Å². The minimum absolute atomic E-state index is 0.0321. The standard InChI is InChI=1S/C102H152N2O11/c1-5-9-13-17-21-25-29-33-55-71-89(72-56-34-30-26-22-18-14-10-6-2)99(105)103-75-91-93(107-77-83-59-43-37-44-60-83)95(109-79-85-63-47-39-48-64-85)97(111-81-87-67-51-41-52-68-87)101(113-91)115-102-98(112-82-88-69-53-42-54-70-88)96(110-80-86-65-49-40-50-66-86)94(108-78-84-61-45-38-46-62-84)92(114-102)76-104-100(106)90(73-57-35-31-27-23-19-15-11-7-3)74-58-36-32-28-24-20-16-12-8-4/h37-54,59-70,89-98,101-102H,5-36,55-58,71-82H2,1-4H3,(H,103,105)(H,104,106)/t91?,92?,93-,94-,95-,96-,97?,98?,101-,102-/m0/s1. The van der Waals surface area contributed by atoms with Crippen LogP contribution in [0.25, 0.3) is 0 Å². The molecule has 0 radical (unpaired) electrons. The maximum Gasteiger partial charge on any atom is 0.223 e. The first kappa shape index (κ1) is 94.4. The van der Waals surface area contributed by atoms with Crippen molar-refractivity contribution in [2.75, 3.05) is 13.1 Å². The molecule has 8 rings (SSSR count). The van der Waals surface area contributed by atoms with Crippen LogP contribution in [0.3, 0.4) is 0 Å². The van der Waals surface area contributed by atoms with E-state index >= 15 is 9.59 Å². The van der Waals surface area contributed by atoms with Gasteiger partial charge in [-0.1, -0.05) is 441 Å². The number of nitrogens with one attached hydrogen (secondary N) is 2. The van der Waals surface area contributed by atoms with Gasteiger partial charge in [-0.3, -0.25) is 9.59 Å². The molecule has 10 atom stereocenters. The lowest BCUT2D eigenvalue weighted by Crippen LogP contribution is -2.67. The van der Waals surface area contributed by atoms with Crippen molar-refractivity contribution in [2.45, 2.75) is 386 Å². The van der Waals surface area contributed by atoms with Crippen LogP contribution in [0.15, 0.2) is 182 Å². The molecule has 4 unspecified atom stereocenters. The van der Waals surface area contributed by atoms with E-state index in [1.165, 1.54) is 180 Å². The number of hydrogen-bond donors (Lipinski definition) is 2. The average Bonchev–Trinajstić information content (AvgIpc) is 0.768. The molecule has 2 aliphatic rings. The lowest BCUT2D eigenvalue weighted by Gasteiger charge is -2.50. The van der Waals surface area contributed by atoms with Crippen LogP contribution in [-0.2, 0) is 91.9 Å². The first-order chi connectivity index (χ1) is 56.8. The molecule has 2 amide bonds. The second-order valence-corrected chi connectivity index (χ2v) is 33.1. The van der Waals surface area contributed by atoms with Gasteiger partial charge >= 0.3 is 0 Å². The van der Waals surface area contributed by atoms with Gasteiger partial charge in [-0.25, -0.2) is 0 Å². The van der Waals surface area contributed by atoms with Crippen LogP contribution in [0.5, 0.6) is 0 Å². The van der Waals surface area contributed by atoms with Crippen LogP contribution in [-0.4, -0.2) is 86.3 Å². The molecule has 636 valence electrons. The Morgan fingerprint density at radius 3 is 0.670 bits per heavy atom. The van der Waals surface area contributed by atoms with E-state index in [-0.39, 0.29) is 76.4 Å². The highest BCUT2D eigenvalue weighted by molar-refractivity contribution is 5.79. The van der Waals surface area contributed by atoms with Gasteiger partial charge in [-0.05, 0) is 59.1 Å². The maximum atomic E-state index is 15.4. The molecule has 0 saturated carbocycles. The van der Waals surface area contributed by atoms with Crippen molar-refractivity contribution in [1.29, 1.82) is 0 Å². The zero-order valence-corrected chi connectivity index (χ0v) is 71.7. The third-order valence-electron chi connectivity index (χ3n) is 23.5. The monoisotopic (exact) mass is 1580 g/mol. The Labute approximate surface area is 696 Å². The molecule has 0 aliphatic carbocycles. The minimum atomic E-state index is -1.24. The summed E-state index contributed by atoms with van der Waals surface area (Å²) < 4.78 is 67.0. The van der Waals surface area contributed by atoms with Crippen LogP contribution in [0, 0.1) is 11.8 Å². The molecule has 0 bridgehead atoms. The summed E-state index contributed by atoms with van der Waals surface area (Å²) in [5.74, 6) is -0.267. The van der Waals surface area contributed by atoms with Gasteiger partial charge in [-0.15, -0.1) is 0 Å². The number of carbonyl (C=O) groups is 2. The van der Waals surface area contributed by atoms with Crippen molar-refractivity contribution in [1.82, 2.24) is 10.6 Å². The van der Waals surface area contributed by atoms with Crippen LogP contribution in [0.2, 0.25) is 0 Å². The van der Waals surface area contributed by atoms with E-state index < -0.39 is 61.4 Å². The number of amides is 2. The van der Waals surface area contributed by atoms with Crippen molar-refractivity contribution in [2.24, 2.45) is 11.8 Å². The van der Waals surface area contributed by atoms with E-state index in [0.717, 1.165) is 110 Å². The van der Waals surface area contributed by atoms with Gasteiger partial charge in [0.25, 0.3) is 0 Å². The number of unbranched alkanes of at least 4 members (excludes halogenated alkanes) is 32. The molecule has 13 heteroatoms. The van der Waals surface area contributed by atoms with Crippen LogP contribution < -0.4 is 10.6 Å². The predicted octanol–water partition coefficient (Wildman–Crippen LogP) is 25.1. The molecular formula is C102H152N2O11. The lowest BCUT2D eigenvalue weighted by molar-refractivity contribution is -0.390. The highest BCUT2D eigenvalue weighted by Crippen LogP contribution is 2.38. The number of ether oxygens (including phenoxy) is 9. The van der Waals surface area contributed by atoms with E-state index in [1.54, 1.807) is 0 Å². The van der Waals surface area contributed by atoms with E-state index in [2.05, 4.69) is 111 Å². The summed E-state index contributed by atoms with van der Waals surface area (Å²) >= 11 is 0. The zero-order chi connectivity index (χ0) is 80.5. The SMILES string of the molecule is CCCCCCCCCCCC(CCCCCCCCCCC)C(=O)NCC1O[C@@H](O[C@@H]2OC(CNC(=O)C(CCCCCCCCCCC)CCCCCCCCCCC)[C@H](OCc3ccccc3)[C@H](OCc3ccccc3)C2OCc2ccccc2)C(OCc2ccccc2)[C@@H](OCc2ccccc2)[C@H]1OCc1ccccc1. The van der Waals surface area contributed by atoms with Crippen molar-refractivity contribution < 1.29 is 52.2 Å². The number of benzene rings is 6. The molecule has 2 saturated heterocycles. The Bertz CT molecular complexity index is 3040. The maximum absolute atomic E-state index is 15.4. The Kier molecular flexibility index (Phi) is 49.6. The van der Waals surface area contributed by atoms with Crippen LogP contribution in [0.1, 0.15) is 318 Å². The van der Waals surface area contributed by atoms with Crippen molar-refractivity contribution >= 4 is 11.8 Å². The Morgan fingerprint density at radius 1 is 0.261 bits per heavy atom. The molecule has 0 spiro atoms. The molecule has 2 aliphatic heterocycles. The molecule has 13 nitrogen and oxygen atoms in total. The van der Waals surface area contributed by atoms with E-state index in [9.17, 15) is 0 Å². The van der Waals surface area contributed by atoms with Crippen LogP contribution >= 0.6 is 0 Å². The molecule has 6 aromatic rings. The molecule has 6 aromatic carbocycles. The van der Waals surface area contributed by atoms with Crippen LogP contribution in [0.4, 0.5) is 0 Å². The smallest absolute Gasteiger partial charge is 0.223 e. The molecule has 2 fully saturated rings. The fourth-order valence-electron chi connectivity index (χ4n) is 16.5. The third kappa shape index (κ3) is 38.2. The van der Waals surface area contributed by atoms with Gasteiger partial charge in [0.2, 0.25) is 11.8 Å². The minimum Gasteiger partial charge on any atom is -0.368 e.